The average molecular weight is 713 g/mol. The van der Waals surface area contributed by atoms with Gasteiger partial charge in [0, 0.05) is 12.8 Å². The van der Waals surface area contributed by atoms with Crippen LogP contribution in [0.3, 0.4) is 0 Å². The normalized spacial score (nSPS) is 14.8. The van der Waals surface area contributed by atoms with Crippen LogP contribution in [0.1, 0.15) is 129 Å². The van der Waals surface area contributed by atoms with Crippen molar-refractivity contribution in [3.05, 3.63) is 60.8 Å². The third-order valence-electron chi connectivity index (χ3n) is 7.14. The number of hydrogen-bond acceptors (Lipinski definition) is 9. The van der Waals surface area contributed by atoms with Gasteiger partial charge in [-0.3, -0.25) is 18.6 Å². The molecular weight excluding hydrogens is 647 g/mol. The second-order valence-corrected chi connectivity index (χ2v) is 13.3. The second-order valence-electron chi connectivity index (χ2n) is 11.9. The minimum Gasteiger partial charge on any atom is -0.462 e. The molecule has 0 rings (SSSR count). The van der Waals surface area contributed by atoms with E-state index in [0.29, 0.717) is 12.8 Å². The van der Waals surface area contributed by atoms with Gasteiger partial charge in [0.1, 0.15) is 12.7 Å². The lowest BCUT2D eigenvalue weighted by Gasteiger charge is -2.20. The Morgan fingerprint density at radius 2 is 1.12 bits per heavy atom. The van der Waals surface area contributed by atoms with Crippen LogP contribution < -0.4 is 0 Å². The number of allylic oxidation sites excluding steroid dienone is 10. The van der Waals surface area contributed by atoms with E-state index in [2.05, 4.69) is 79.1 Å². The minimum atomic E-state index is -4.62. The van der Waals surface area contributed by atoms with Crippen molar-refractivity contribution in [1.29, 1.82) is 0 Å². The molecule has 0 saturated carbocycles. The summed E-state index contributed by atoms with van der Waals surface area (Å²) >= 11 is 0. The second kappa shape index (κ2) is 34.1. The molecule has 11 heteroatoms. The summed E-state index contributed by atoms with van der Waals surface area (Å²) in [6.07, 6.45) is 34.8. The molecular formula is C38H65O10P. The van der Waals surface area contributed by atoms with Crippen LogP contribution in [0.4, 0.5) is 0 Å². The molecule has 0 heterocycles. The van der Waals surface area contributed by atoms with Gasteiger partial charge in [0.25, 0.3) is 0 Å². The molecule has 0 bridgehead atoms. The zero-order valence-electron chi connectivity index (χ0n) is 30.1. The number of hydrogen-bond donors (Lipinski definition) is 3. The quantitative estimate of drug-likeness (QED) is 0.0261. The Bertz CT molecular complexity index is 1000. The Kier molecular flexibility index (Phi) is 32.5. The lowest BCUT2D eigenvalue weighted by molar-refractivity contribution is -0.161. The van der Waals surface area contributed by atoms with Crippen LogP contribution in [0.15, 0.2) is 60.8 Å². The summed E-state index contributed by atoms with van der Waals surface area (Å²) in [6, 6.07) is 0. The predicted molar refractivity (Wildman–Crippen MR) is 196 cm³/mol. The molecule has 0 aliphatic rings. The lowest BCUT2D eigenvalue weighted by Crippen LogP contribution is -2.29. The van der Waals surface area contributed by atoms with Crippen molar-refractivity contribution in [2.24, 2.45) is 0 Å². The third-order valence-corrected chi connectivity index (χ3v) is 8.09. The van der Waals surface area contributed by atoms with Crippen LogP contribution in [0, 0.1) is 0 Å². The Labute approximate surface area is 296 Å². The summed E-state index contributed by atoms with van der Waals surface area (Å²) in [7, 11) is -4.62. The fourth-order valence-electron chi connectivity index (χ4n) is 4.34. The topological polar surface area (TPSA) is 149 Å². The fraction of sp³-hybridized carbons (Fsp3) is 0.684. The summed E-state index contributed by atoms with van der Waals surface area (Å²) in [5.41, 5.74) is 0. The van der Waals surface area contributed by atoms with Gasteiger partial charge >= 0.3 is 19.8 Å². The van der Waals surface area contributed by atoms with E-state index >= 15 is 0 Å². The van der Waals surface area contributed by atoms with E-state index in [4.69, 9.17) is 19.1 Å². The number of phosphoric acid groups is 1. The van der Waals surface area contributed by atoms with Gasteiger partial charge < -0.3 is 24.6 Å². The molecule has 0 fully saturated rings. The largest absolute Gasteiger partial charge is 0.472 e. The molecule has 3 unspecified atom stereocenters. The molecule has 0 aromatic carbocycles. The summed E-state index contributed by atoms with van der Waals surface area (Å²) in [5.74, 6) is -0.985. The van der Waals surface area contributed by atoms with Crippen LogP contribution in [-0.4, -0.2) is 65.7 Å². The fourth-order valence-corrected chi connectivity index (χ4v) is 5.13. The van der Waals surface area contributed by atoms with Crippen LogP contribution >= 0.6 is 7.82 Å². The average Bonchev–Trinajstić information content (AvgIpc) is 3.09. The van der Waals surface area contributed by atoms with Gasteiger partial charge in [-0.05, 0) is 70.6 Å². The van der Waals surface area contributed by atoms with Gasteiger partial charge in [0.05, 0.1) is 19.8 Å². The molecule has 0 aliphatic carbocycles. The van der Waals surface area contributed by atoms with Gasteiger partial charge in [-0.15, -0.1) is 0 Å². The van der Waals surface area contributed by atoms with Crippen LogP contribution in [0.2, 0.25) is 0 Å². The highest BCUT2D eigenvalue weighted by Gasteiger charge is 2.27. The van der Waals surface area contributed by atoms with Crippen molar-refractivity contribution in [3.63, 3.8) is 0 Å². The molecule has 0 radical (unpaired) electrons. The Morgan fingerprint density at radius 1 is 0.633 bits per heavy atom. The van der Waals surface area contributed by atoms with Crippen LogP contribution in [-0.2, 0) is 32.7 Å². The van der Waals surface area contributed by atoms with Gasteiger partial charge in [-0.25, -0.2) is 4.57 Å². The number of ether oxygens (including phenoxy) is 2. The molecule has 282 valence electrons. The van der Waals surface area contributed by atoms with Crippen molar-refractivity contribution in [1.82, 2.24) is 0 Å². The molecule has 10 nitrogen and oxygen atoms in total. The summed E-state index contributed by atoms with van der Waals surface area (Å²) < 4.78 is 32.5. The van der Waals surface area contributed by atoms with E-state index in [0.717, 1.165) is 83.5 Å². The van der Waals surface area contributed by atoms with Crippen molar-refractivity contribution in [2.45, 2.75) is 142 Å². The number of phosphoric ester groups is 1. The number of carbonyl (C=O) groups is 2. The van der Waals surface area contributed by atoms with Gasteiger partial charge in [-0.1, -0.05) is 107 Å². The van der Waals surface area contributed by atoms with Crippen molar-refractivity contribution < 1.29 is 47.8 Å². The summed E-state index contributed by atoms with van der Waals surface area (Å²) in [5, 5.41) is 18.2. The molecule has 49 heavy (non-hydrogen) atoms. The van der Waals surface area contributed by atoms with E-state index in [9.17, 15) is 24.2 Å². The van der Waals surface area contributed by atoms with E-state index in [1.807, 2.05) is 0 Å². The SMILES string of the molecule is CC/C=C\C/C=C\C/C=C\CCCCCC(=O)OC(COC(=O)CCCCCCC/C=C\C/C=C\CCC)COP(=O)(O)OCC(O)CO. The first-order valence-corrected chi connectivity index (χ1v) is 19.7. The maximum atomic E-state index is 12.5. The van der Waals surface area contributed by atoms with Crippen molar-refractivity contribution >= 4 is 19.8 Å². The summed E-state index contributed by atoms with van der Waals surface area (Å²) in [4.78, 5) is 34.7. The highest BCUT2D eigenvalue weighted by atomic mass is 31.2. The smallest absolute Gasteiger partial charge is 0.462 e. The van der Waals surface area contributed by atoms with Gasteiger partial charge in [-0.2, -0.15) is 0 Å². The molecule has 0 aromatic rings. The van der Waals surface area contributed by atoms with E-state index in [1.54, 1.807) is 0 Å². The Morgan fingerprint density at radius 3 is 1.71 bits per heavy atom. The molecule has 3 N–H and O–H groups in total. The molecule has 0 aromatic heterocycles. The zero-order valence-corrected chi connectivity index (χ0v) is 31.0. The van der Waals surface area contributed by atoms with Gasteiger partial charge in [0.15, 0.2) is 6.10 Å². The third kappa shape index (κ3) is 33.9. The zero-order chi connectivity index (χ0) is 36.3. The number of unbranched alkanes of at least 4 members (excludes halogenated alkanes) is 9. The predicted octanol–water partition coefficient (Wildman–Crippen LogP) is 8.77. The number of aliphatic hydroxyl groups is 2. The lowest BCUT2D eigenvalue weighted by atomic mass is 10.1. The number of aliphatic hydroxyl groups excluding tert-OH is 2. The molecule has 0 spiro atoms. The van der Waals surface area contributed by atoms with E-state index in [1.165, 1.54) is 6.42 Å². The number of carbonyl (C=O) groups excluding carboxylic acids is 2. The minimum absolute atomic E-state index is 0.143. The van der Waals surface area contributed by atoms with Crippen molar-refractivity contribution in [2.75, 3.05) is 26.4 Å². The highest BCUT2D eigenvalue weighted by molar-refractivity contribution is 7.47. The number of rotatable bonds is 33. The van der Waals surface area contributed by atoms with Gasteiger partial charge in [0.2, 0.25) is 0 Å². The highest BCUT2D eigenvalue weighted by Crippen LogP contribution is 2.43. The van der Waals surface area contributed by atoms with E-state index < -0.39 is 51.8 Å². The molecule has 0 amide bonds. The van der Waals surface area contributed by atoms with Crippen molar-refractivity contribution in [3.8, 4) is 0 Å². The summed E-state index contributed by atoms with van der Waals surface area (Å²) in [6.45, 7) is 2.11. The first-order valence-electron chi connectivity index (χ1n) is 18.2. The molecule has 0 aliphatic heterocycles. The molecule has 3 atom stereocenters. The Balaban J connectivity index is 4.48. The van der Waals surface area contributed by atoms with E-state index in [-0.39, 0.29) is 19.4 Å². The maximum Gasteiger partial charge on any atom is 0.472 e. The van der Waals surface area contributed by atoms with Crippen LogP contribution in [0.25, 0.3) is 0 Å². The first kappa shape index (κ1) is 46.7. The number of esters is 2. The standard InChI is InChI=1S/C38H65O10P/c1-3-5-7-9-11-13-15-17-19-21-23-25-27-29-37(41)45-33-36(34-47-49(43,44)46-32-35(40)31-39)48-38(42)30-28-26-24-22-20-18-16-14-12-10-8-6-4-2/h6-9,12-15,18,20,35-36,39-40H,3-5,10-11,16-17,19,21-34H2,1-2H3,(H,43,44)/b8-6-,9-7-,14-12-,15-13-,20-18-. The molecule has 0 saturated heterocycles. The van der Waals surface area contributed by atoms with Crippen LogP contribution in [0.5, 0.6) is 0 Å². The maximum absolute atomic E-state index is 12.5. The Hall–Kier alpha value is -2.33. The first-order chi connectivity index (χ1) is 23.7. The monoisotopic (exact) mass is 712 g/mol.